The first-order valence-electron chi connectivity index (χ1n) is 4.23. The Bertz CT molecular complexity index is 595. The van der Waals surface area contributed by atoms with Crippen molar-refractivity contribution < 1.29 is 17.8 Å². The summed E-state index contributed by atoms with van der Waals surface area (Å²) in [5, 5.41) is 0. The number of nitrogens with two attached hydrogens (primary N) is 3. The summed E-state index contributed by atoms with van der Waals surface area (Å²) in [6, 6.07) is 4.03. The van der Waals surface area contributed by atoms with Gasteiger partial charge in [0.25, 0.3) is 10.1 Å². The Morgan fingerprint density at radius 1 is 1.22 bits per heavy atom. The number of primary amides is 1. The summed E-state index contributed by atoms with van der Waals surface area (Å²) in [4.78, 5) is 12.6. The van der Waals surface area contributed by atoms with E-state index in [2.05, 4.69) is 10.7 Å². The lowest BCUT2D eigenvalue weighted by molar-refractivity contribution is 0.256. The standard InChI is InChI=1S/C6H4O3S.C2H6N4O.ClH/c7-10(8,9)6-3-4-1-2-5(4)6;3-1(4)6-2(5)7;/h1-3H,(H,7,8,9);(H6,3,4,5,6,7);1H. The maximum absolute atomic E-state index is 10.4. The van der Waals surface area contributed by atoms with Gasteiger partial charge in [0.1, 0.15) is 4.90 Å². The van der Waals surface area contributed by atoms with Crippen molar-refractivity contribution in [2.75, 3.05) is 0 Å². The van der Waals surface area contributed by atoms with Crippen LogP contribution in [0.1, 0.15) is 0 Å². The minimum absolute atomic E-state index is 0. The van der Waals surface area contributed by atoms with E-state index in [0.717, 1.165) is 5.56 Å². The molecule has 0 aromatic carbocycles. The Labute approximate surface area is 109 Å². The van der Waals surface area contributed by atoms with Crippen LogP contribution in [0.15, 0.2) is 28.1 Å². The van der Waals surface area contributed by atoms with Crippen LogP contribution < -0.4 is 17.2 Å². The molecule has 0 unspecified atom stereocenters. The average Bonchev–Trinajstić information content (AvgIpc) is 2.06. The van der Waals surface area contributed by atoms with Gasteiger partial charge in [-0.15, -0.1) is 12.4 Å². The van der Waals surface area contributed by atoms with Gasteiger partial charge in [0.15, 0.2) is 5.96 Å². The molecular formula is C8H11ClN4O4S. The molecule has 0 aromatic rings. The monoisotopic (exact) mass is 294 g/mol. The van der Waals surface area contributed by atoms with Crippen LogP contribution in [-0.4, -0.2) is 25.0 Å². The van der Waals surface area contributed by atoms with Crippen LogP contribution in [0, 0.1) is 0 Å². The van der Waals surface area contributed by atoms with Crippen molar-refractivity contribution in [1.29, 1.82) is 0 Å². The Morgan fingerprint density at radius 3 is 1.83 bits per heavy atom. The highest BCUT2D eigenvalue weighted by atomic mass is 35.5. The number of urea groups is 1. The summed E-state index contributed by atoms with van der Waals surface area (Å²) < 4.78 is 29.3. The first-order chi connectivity index (χ1) is 7.71. The van der Waals surface area contributed by atoms with E-state index >= 15 is 0 Å². The third-order valence-electron chi connectivity index (χ3n) is 1.81. The van der Waals surface area contributed by atoms with E-state index in [1.165, 1.54) is 6.07 Å². The highest BCUT2D eigenvalue weighted by molar-refractivity contribution is 7.86. The fourth-order valence-electron chi connectivity index (χ4n) is 1.10. The number of nitrogens with zero attached hydrogens (tertiary/aromatic N) is 1. The lowest BCUT2D eigenvalue weighted by Crippen LogP contribution is -2.25. The average molecular weight is 295 g/mol. The highest BCUT2D eigenvalue weighted by Gasteiger charge is 2.24. The second kappa shape index (κ2) is 5.67. The summed E-state index contributed by atoms with van der Waals surface area (Å²) >= 11 is 0. The lowest BCUT2D eigenvalue weighted by atomic mass is 9.94. The summed E-state index contributed by atoms with van der Waals surface area (Å²) in [6.45, 7) is 0. The molecule has 0 atom stereocenters. The van der Waals surface area contributed by atoms with Gasteiger partial charge in [-0.1, -0.05) is 12.1 Å². The van der Waals surface area contributed by atoms with Gasteiger partial charge in [-0.05, 0) is 11.6 Å². The maximum Gasteiger partial charge on any atom is 0.341 e. The van der Waals surface area contributed by atoms with Crippen molar-refractivity contribution in [3.05, 3.63) is 18.2 Å². The number of carbonyl (C=O) groups is 1. The fraction of sp³-hybridized carbons (Fsp3) is 0. The molecule has 0 aliphatic heterocycles. The molecule has 2 amide bonds. The zero-order valence-electron chi connectivity index (χ0n) is 8.90. The van der Waals surface area contributed by atoms with E-state index in [1.807, 2.05) is 0 Å². The number of hydrogen-bond acceptors (Lipinski definition) is 3. The SMILES string of the molecule is Cl.NC(=O)N=C(N)N.O=S(=O)(O)c1cc2ccc1-2. The molecule has 2 aliphatic carbocycles. The van der Waals surface area contributed by atoms with Crippen molar-refractivity contribution >= 4 is 34.5 Å². The van der Waals surface area contributed by atoms with Gasteiger partial charge in [0, 0.05) is 5.56 Å². The molecule has 0 aromatic heterocycles. The van der Waals surface area contributed by atoms with Crippen molar-refractivity contribution in [3.63, 3.8) is 0 Å². The predicted octanol–water partition coefficient (Wildman–Crippen LogP) is -0.326. The molecule has 0 heterocycles. The highest BCUT2D eigenvalue weighted by Crippen LogP contribution is 2.39. The zero-order valence-corrected chi connectivity index (χ0v) is 10.5. The molecule has 18 heavy (non-hydrogen) atoms. The van der Waals surface area contributed by atoms with Crippen LogP contribution in [0.4, 0.5) is 4.79 Å². The van der Waals surface area contributed by atoms with E-state index in [1.54, 1.807) is 12.1 Å². The minimum Gasteiger partial charge on any atom is -0.370 e. The molecule has 0 spiro atoms. The third kappa shape index (κ3) is 3.87. The lowest BCUT2D eigenvalue weighted by Gasteiger charge is -2.17. The molecule has 0 bridgehead atoms. The molecular weight excluding hydrogens is 284 g/mol. The van der Waals surface area contributed by atoms with Gasteiger partial charge < -0.3 is 17.2 Å². The summed E-state index contributed by atoms with van der Waals surface area (Å²) in [5.41, 5.74) is 15.5. The third-order valence-corrected chi connectivity index (χ3v) is 2.70. The van der Waals surface area contributed by atoms with E-state index in [9.17, 15) is 13.2 Å². The molecule has 8 nitrogen and oxygen atoms in total. The van der Waals surface area contributed by atoms with Crippen LogP contribution in [-0.2, 0) is 10.1 Å². The number of amides is 2. The Morgan fingerprint density at radius 2 is 1.78 bits per heavy atom. The quantitative estimate of drug-likeness (QED) is 0.320. The number of halogens is 1. The second-order valence-corrected chi connectivity index (χ2v) is 4.45. The summed E-state index contributed by atoms with van der Waals surface area (Å²) in [5.74, 6) is -0.312. The van der Waals surface area contributed by atoms with Crippen LogP contribution in [0.5, 0.6) is 0 Å². The Hall–Kier alpha value is -1.84. The molecule has 100 valence electrons. The minimum atomic E-state index is -3.94. The van der Waals surface area contributed by atoms with Crippen molar-refractivity contribution in [1.82, 2.24) is 0 Å². The van der Waals surface area contributed by atoms with Crippen LogP contribution in [0.2, 0.25) is 0 Å². The Kier molecular flexibility index (Phi) is 5.09. The zero-order chi connectivity index (χ0) is 13.2. The molecule has 0 radical (unpaired) electrons. The first kappa shape index (κ1) is 16.2. The van der Waals surface area contributed by atoms with E-state index in [-0.39, 0.29) is 23.3 Å². The van der Waals surface area contributed by atoms with Crippen LogP contribution >= 0.6 is 12.4 Å². The van der Waals surface area contributed by atoms with Gasteiger partial charge in [-0.3, -0.25) is 4.55 Å². The largest absolute Gasteiger partial charge is 0.370 e. The molecule has 10 heteroatoms. The van der Waals surface area contributed by atoms with Gasteiger partial charge >= 0.3 is 6.03 Å². The molecule has 2 rings (SSSR count). The van der Waals surface area contributed by atoms with Gasteiger partial charge in [0.05, 0.1) is 0 Å². The summed E-state index contributed by atoms with van der Waals surface area (Å²) in [6.07, 6.45) is 0. The van der Waals surface area contributed by atoms with E-state index < -0.39 is 16.1 Å². The van der Waals surface area contributed by atoms with Crippen LogP contribution in [0.25, 0.3) is 11.1 Å². The maximum atomic E-state index is 10.4. The second-order valence-electron chi connectivity index (χ2n) is 3.06. The van der Waals surface area contributed by atoms with Gasteiger partial charge in [-0.2, -0.15) is 13.4 Å². The van der Waals surface area contributed by atoms with Crippen molar-refractivity contribution in [3.8, 4) is 11.1 Å². The molecule has 7 N–H and O–H groups in total. The number of fused-ring (bicyclic) bond motifs is 1. The van der Waals surface area contributed by atoms with Gasteiger partial charge in [-0.25, -0.2) is 4.79 Å². The molecule has 2 aliphatic rings. The topological polar surface area (TPSA) is 162 Å². The first-order valence-corrected chi connectivity index (χ1v) is 5.67. The number of hydrogen-bond donors (Lipinski definition) is 4. The molecule has 0 saturated carbocycles. The van der Waals surface area contributed by atoms with Crippen LogP contribution in [0.3, 0.4) is 0 Å². The fourth-order valence-corrected chi connectivity index (χ4v) is 1.83. The Balaban J connectivity index is 0.000000326. The normalized spacial score (nSPS) is 10.3. The predicted molar refractivity (Wildman–Crippen MR) is 67.9 cm³/mol. The number of benzene rings is 1. The van der Waals surface area contributed by atoms with E-state index in [0.29, 0.717) is 5.56 Å². The van der Waals surface area contributed by atoms with Crippen molar-refractivity contribution in [2.24, 2.45) is 22.2 Å². The van der Waals surface area contributed by atoms with Gasteiger partial charge in [0.2, 0.25) is 0 Å². The molecule has 0 saturated heterocycles. The number of carbonyl (C=O) groups excluding carboxylic acids is 1. The number of guanidine groups is 1. The van der Waals surface area contributed by atoms with Crippen molar-refractivity contribution in [2.45, 2.75) is 4.90 Å². The summed E-state index contributed by atoms with van der Waals surface area (Å²) in [7, 11) is -3.94. The number of rotatable bonds is 1. The van der Waals surface area contributed by atoms with E-state index in [4.69, 9.17) is 16.0 Å². The smallest absolute Gasteiger partial charge is 0.341 e. The molecule has 0 fully saturated rings. The number of aliphatic imine (C=N–C) groups is 1.